The number of carbonyl (C=O) groups excluding carboxylic acids is 4. The maximum absolute atomic E-state index is 13.3. The summed E-state index contributed by atoms with van der Waals surface area (Å²) >= 11 is 0. The van der Waals surface area contributed by atoms with Crippen LogP contribution >= 0.6 is 0 Å². The largest absolute Gasteiger partial charge is 0.477 e. The molecule has 34 N–H and O–H groups in total. The summed E-state index contributed by atoms with van der Waals surface area (Å²) < 4.78 is 132. The highest BCUT2D eigenvalue weighted by atomic mass is 16.8. The van der Waals surface area contributed by atoms with Gasteiger partial charge in [0.1, 0.15) is 220 Å². The minimum Gasteiger partial charge on any atom is -0.477 e. The molecule has 0 aromatic rings. The predicted octanol–water partition coefficient (Wildman–Crippen LogP) is -21.8. The number of aliphatic hydroxyl groups is 28. The third-order valence-corrected chi connectivity index (χ3v) is 27.6. The van der Waals surface area contributed by atoms with Crippen LogP contribution in [0.1, 0.15) is 67.7 Å². The number of carboxylic acids is 2. The van der Waals surface area contributed by atoms with Gasteiger partial charge >= 0.3 is 11.9 Å². The second kappa shape index (κ2) is 52.4. The van der Waals surface area contributed by atoms with Gasteiger partial charge in [0, 0.05) is 58.8 Å². The summed E-state index contributed by atoms with van der Waals surface area (Å²) in [6, 6.07) is -7.18. The Bertz CT molecular complexity index is 4130. The zero-order valence-corrected chi connectivity index (χ0v) is 79.9. The zero-order chi connectivity index (χ0) is 108. The fourth-order valence-electron chi connectivity index (χ4n) is 19.4. The van der Waals surface area contributed by atoms with Crippen molar-refractivity contribution in [2.45, 2.75) is 398 Å². The first kappa shape index (κ1) is 121. The Kier molecular flexibility index (Phi) is 43.5. The van der Waals surface area contributed by atoms with E-state index in [1.165, 1.54) is 28.8 Å². The Hall–Kier alpha value is -5.12. The van der Waals surface area contributed by atoms with E-state index in [4.69, 9.17) is 104 Å². The van der Waals surface area contributed by atoms with Gasteiger partial charge < -0.3 is 279 Å². The molecule has 842 valence electrons. The highest BCUT2D eigenvalue weighted by Crippen LogP contribution is 2.45. The fourth-order valence-corrected chi connectivity index (χ4v) is 19.4. The molecule has 11 rings (SSSR count). The molecule has 0 spiro atoms. The van der Waals surface area contributed by atoms with Gasteiger partial charge in [-0.3, -0.25) is 19.2 Å². The van der Waals surface area contributed by atoms with Crippen molar-refractivity contribution in [3.63, 3.8) is 0 Å². The molecule has 4 amide bonds. The van der Waals surface area contributed by atoms with Crippen molar-refractivity contribution < 1.29 is 286 Å². The molecule has 24 unspecified atom stereocenters. The quantitative estimate of drug-likeness (QED) is 0.0252. The molecular weight excluding hydrogens is 1990 g/mol. The van der Waals surface area contributed by atoms with Crippen molar-refractivity contribution in [3.05, 3.63) is 0 Å². The van der Waals surface area contributed by atoms with Gasteiger partial charge in [-0.05, 0) is 6.92 Å². The summed E-state index contributed by atoms with van der Waals surface area (Å²) in [7, 11) is 1.27. The van der Waals surface area contributed by atoms with Gasteiger partial charge in [0.05, 0.1) is 121 Å². The average Bonchev–Trinajstić information content (AvgIpc) is 0.759. The molecule has 11 heterocycles. The Morgan fingerprint density at radius 2 is 0.664 bits per heavy atom. The number of nitrogens with one attached hydrogen (secondary N) is 4. The van der Waals surface area contributed by atoms with Crippen LogP contribution in [0.2, 0.25) is 0 Å². The van der Waals surface area contributed by atoms with E-state index in [9.17, 15) is 182 Å². The summed E-state index contributed by atoms with van der Waals surface area (Å²) in [6.07, 6.45) is -102. The van der Waals surface area contributed by atoms with Gasteiger partial charge in [0.2, 0.25) is 23.6 Å². The molecule has 146 heavy (non-hydrogen) atoms. The second-order valence-electron chi connectivity index (χ2n) is 37.9. The molecule has 56 atom stereocenters. The lowest BCUT2D eigenvalue weighted by Gasteiger charge is -2.51. The molecule has 11 aliphatic rings. The smallest absolute Gasteiger partial charge is 0.364 e. The topological polar surface area (TPSA) is 961 Å². The van der Waals surface area contributed by atoms with Crippen molar-refractivity contribution in [3.8, 4) is 0 Å². The number of hydrogen-bond acceptors (Lipinski definition) is 56. The van der Waals surface area contributed by atoms with Gasteiger partial charge in [0.25, 0.3) is 19.6 Å². The lowest BCUT2D eigenvalue weighted by Crippen LogP contribution is -2.71. The molecule has 0 aromatic carbocycles. The van der Waals surface area contributed by atoms with Crippen molar-refractivity contribution in [2.24, 2.45) is 11.8 Å². The number of ether oxygens (including phenoxy) is 21. The molecule has 0 saturated carbocycles. The number of amides is 4. The molecule has 62 nitrogen and oxygen atoms in total. The summed E-state index contributed by atoms with van der Waals surface area (Å²) in [5, 5.41) is 348. The summed E-state index contributed by atoms with van der Waals surface area (Å²) in [5.41, 5.74) is 0. The van der Waals surface area contributed by atoms with E-state index >= 15 is 0 Å². The fraction of sp³-hybridized carbons (Fsp3) is 0.928. The second-order valence-corrected chi connectivity index (χ2v) is 37.9. The van der Waals surface area contributed by atoms with Crippen LogP contribution in [0.15, 0.2) is 0 Å². The molecule has 11 saturated heterocycles. The van der Waals surface area contributed by atoms with Gasteiger partial charge in [-0.2, -0.15) is 0 Å². The number of aliphatic hydroxyl groups excluding tert-OH is 28. The van der Waals surface area contributed by atoms with Crippen molar-refractivity contribution in [2.75, 3.05) is 72.7 Å². The van der Waals surface area contributed by atoms with E-state index in [2.05, 4.69) is 21.3 Å². The summed E-state index contributed by atoms with van der Waals surface area (Å²) in [4.78, 5) is 78.2. The first-order chi connectivity index (χ1) is 68.8. The van der Waals surface area contributed by atoms with Gasteiger partial charge in [-0.1, -0.05) is 13.8 Å². The molecule has 0 aromatic heterocycles. The molecule has 0 bridgehead atoms. The van der Waals surface area contributed by atoms with Gasteiger partial charge in [-0.25, -0.2) is 9.59 Å². The van der Waals surface area contributed by atoms with Crippen molar-refractivity contribution in [1.29, 1.82) is 0 Å². The zero-order valence-electron chi connectivity index (χ0n) is 79.9. The van der Waals surface area contributed by atoms with E-state index in [1.54, 1.807) is 0 Å². The lowest BCUT2D eigenvalue weighted by molar-refractivity contribution is -0.398. The Morgan fingerprint density at radius 3 is 1.04 bits per heavy atom. The molecule has 0 radical (unpaired) electrons. The molecule has 11 fully saturated rings. The normalized spacial score (nSPS) is 47.0. The maximum Gasteiger partial charge on any atom is 0.364 e. The first-order valence-electron chi connectivity index (χ1n) is 47.2. The van der Waals surface area contributed by atoms with Crippen LogP contribution in [0, 0.1) is 11.8 Å². The third-order valence-electron chi connectivity index (χ3n) is 27.6. The number of rotatable bonds is 42. The van der Waals surface area contributed by atoms with E-state index in [-0.39, 0.29) is 6.61 Å². The highest BCUT2D eigenvalue weighted by molar-refractivity contribution is 5.98. The Balaban J connectivity index is 0.884. The van der Waals surface area contributed by atoms with Gasteiger partial charge in [0.15, 0.2) is 50.3 Å². The molecule has 0 aliphatic carbocycles. The standard InChI is InChI=1S/C83H139BN4O58/c1-22-31(101)9-82(80(121)122,145-63(22)47(105)33(103)12-90)126-19-40-50(108)57(115)60(118)75(136-40)140-66-36(15-93)132-72(44(54(66)112)86-26(5)97)138-65-30(100)8-29(11-89)130-78(65)125-18-39-52(110)70(62(120)77(135-39)142-68-38(17-95)133-73(45(55(68)113)87-27(6)98)139-69-42(21-128-84)129-24(3)43(53(69)111)85-25(4)96)143-79-71(59(117)49(107)35(14-92)131-79)144-74-46(88-28(7)99)56(114)67(37(16-94)134-74)141-76-61(119)58(116)51(109)41(137-76)20-127-83(81(123)124)10-32(102)23(2)64(146-83)48(106)34(104)13-91/h22-24,29-79,89-95,100-120H,8-21,84H2,1-7H3,(H,85,96)(H,86,97)(H,87,98)(H,88,99)(H,121,122)(H,123,124)/t22-,23-,24?,29?,30+,31-,32-,33-,34-,35?,36?,37?,38?,39?,40?,41?,42?,43-,44+,45+,46+,47?,48?,49?,50+,51+,52-,53-,54-,55-,56-,57+,58+,59+,60+,61+,62-,63?,64?,65-,66-,67-,68-,69-,70+,71+,72?,73?,74?,75?,76?,77?,78?,79+,82?,83?/m1/s1. The summed E-state index contributed by atoms with van der Waals surface area (Å²) in [5.74, 6) is -15.6. The van der Waals surface area contributed by atoms with E-state index in [0.717, 1.165) is 27.7 Å². The van der Waals surface area contributed by atoms with E-state index in [0.29, 0.717) is 0 Å². The average molecular weight is 2130 g/mol. The number of aliphatic carboxylic acids is 2. The predicted molar refractivity (Wildman–Crippen MR) is 459 cm³/mol. The van der Waals surface area contributed by atoms with Crippen LogP contribution in [0.25, 0.3) is 0 Å². The van der Waals surface area contributed by atoms with Crippen molar-refractivity contribution >= 4 is 43.6 Å². The van der Waals surface area contributed by atoms with E-state index < -0.39 is 463 Å². The van der Waals surface area contributed by atoms with Crippen LogP contribution < -0.4 is 21.3 Å². The van der Waals surface area contributed by atoms with Crippen LogP contribution in [-0.2, 0) is 133 Å². The molecular formula is C83H139BN4O58. The van der Waals surface area contributed by atoms with Crippen molar-refractivity contribution in [1.82, 2.24) is 21.3 Å². The summed E-state index contributed by atoms with van der Waals surface area (Å²) in [6.45, 7) is -3.77. The minimum absolute atomic E-state index is 0.307. The lowest BCUT2D eigenvalue weighted by atomic mass is 9.84. The maximum atomic E-state index is 13.3. The van der Waals surface area contributed by atoms with Crippen LogP contribution in [0.4, 0.5) is 0 Å². The SMILES string of the molecule is BOCC1OC(C)[C@@H](NC(C)=O)[C@@H](O)[C@@H]1OC1OC(CO)[C@@H](OC2OC(COC3OC(CO)C[C@H](O)[C@H]3OC3OC(CO)[C@@H](OC4OC(COC5(C(=O)O)C[C@@H](O)[C@@H](C)C(C(O)[C@H](O)CO)O5)[C@H](O)[C@H](O)[C@@H]4O)[C@H](O)[C@@H]3NC(C)=O)[C@@H](O)[C@H](O[C@@H]3OC(CO)C(O)[C@H](O)[C@@H]3OC3OC(CO)[C@@H](OC4OC(COC5(C(=O)O)C[C@@H](O)[C@@H](C)C(C(O)[C@H](O)CO)O5)[C@H](O)[C@H](O)[C@@H]4O)[C@H](O)[C@@H]3NC(C)=O)[C@H]2O)[C@H](O)[C@@H]1NC(C)=O. The molecule has 63 heteroatoms. The Labute approximate surface area is 830 Å². The highest BCUT2D eigenvalue weighted by Gasteiger charge is 2.64. The van der Waals surface area contributed by atoms with Gasteiger partial charge in [-0.15, -0.1) is 0 Å². The first-order valence-corrected chi connectivity index (χ1v) is 47.2. The van der Waals surface area contributed by atoms with E-state index in [1.807, 2.05) is 0 Å². The number of hydrogen-bond donors (Lipinski definition) is 34. The van der Waals surface area contributed by atoms with Crippen LogP contribution in [0.3, 0.4) is 0 Å². The monoisotopic (exact) mass is 2130 g/mol. The van der Waals surface area contributed by atoms with Crippen LogP contribution in [0.5, 0.6) is 0 Å². The molecule has 11 aliphatic heterocycles. The minimum atomic E-state index is -2.95. The Morgan fingerprint density at radius 1 is 0.329 bits per heavy atom. The number of carboxylic acid groups (broad SMARTS) is 2. The van der Waals surface area contributed by atoms with Crippen LogP contribution in [-0.4, -0.2) is 600 Å². The number of carbonyl (C=O) groups is 6. The third kappa shape index (κ3) is 27.0.